The maximum atomic E-state index is 5.15. The van der Waals surface area contributed by atoms with Crippen LogP contribution >= 0.6 is 24.0 Å². The summed E-state index contributed by atoms with van der Waals surface area (Å²) in [4.78, 5) is 4.59. The van der Waals surface area contributed by atoms with Crippen LogP contribution in [0.25, 0.3) is 0 Å². The number of nitrogens with one attached hydrogen (secondary N) is 2. The second kappa shape index (κ2) is 12.7. The van der Waals surface area contributed by atoms with E-state index in [4.69, 9.17) is 4.74 Å². The zero-order valence-corrected chi connectivity index (χ0v) is 15.6. The van der Waals surface area contributed by atoms with Gasteiger partial charge < -0.3 is 15.4 Å². The summed E-state index contributed by atoms with van der Waals surface area (Å²) in [6.07, 6.45) is 3.68. The van der Waals surface area contributed by atoms with Crippen molar-refractivity contribution in [2.75, 3.05) is 20.2 Å². The first-order valence-electron chi connectivity index (χ1n) is 7.45. The largest absolute Gasteiger partial charge is 0.497 e. The predicted octanol–water partition coefficient (Wildman–Crippen LogP) is 3.56. The van der Waals surface area contributed by atoms with Crippen molar-refractivity contribution in [1.82, 2.24) is 10.6 Å². The third-order valence-electron chi connectivity index (χ3n) is 3.00. The van der Waals surface area contributed by atoms with Gasteiger partial charge in [-0.25, -0.2) is 4.99 Å². The SMILES string of the molecule is CCCCCNC(=NCc1ccc(OC)cc1)NCC.I. The number of guanidine groups is 1. The molecule has 0 aliphatic rings. The highest BCUT2D eigenvalue weighted by Crippen LogP contribution is 2.11. The van der Waals surface area contributed by atoms with Gasteiger partial charge in [0.2, 0.25) is 0 Å². The highest BCUT2D eigenvalue weighted by Gasteiger charge is 1.97. The van der Waals surface area contributed by atoms with Gasteiger partial charge in [-0.3, -0.25) is 0 Å². The summed E-state index contributed by atoms with van der Waals surface area (Å²) in [5.41, 5.74) is 1.18. The van der Waals surface area contributed by atoms with Crippen LogP contribution in [-0.2, 0) is 6.54 Å². The Bertz CT molecular complexity index is 393. The van der Waals surface area contributed by atoms with Crippen LogP contribution in [0.15, 0.2) is 29.3 Å². The first-order valence-corrected chi connectivity index (χ1v) is 7.45. The number of rotatable bonds is 8. The standard InChI is InChI=1S/C16H27N3O.HI/c1-4-6-7-12-18-16(17-5-2)19-13-14-8-10-15(20-3)11-9-14;/h8-11H,4-7,12-13H2,1-3H3,(H2,17,18,19);1H. The van der Waals surface area contributed by atoms with Crippen molar-refractivity contribution in [2.45, 2.75) is 39.7 Å². The van der Waals surface area contributed by atoms with Gasteiger partial charge in [-0.1, -0.05) is 31.9 Å². The minimum atomic E-state index is 0. The molecular weight excluding hydrogens is 377 g/mol. The molecule has 0 bridgehead atoms. The maximum Gasteiger partial charge on any atom is 0.191 e. The van der Waals surface area contributed by atoms with Crippen molar-refractivity contribution in [3.8, 4) is 5.75 Å². The first-order chi connectivity index (χ1) is 9.80. The number of benzene rings is 1. The van der Waals surface area contributed by atoms with Gasteiger partial charge in [-0.2, -0.15) is 0 Å². The van der Waals surface area contributed by atoms with Crippen LogP contribution in [0.1, 0.15) is 38.7 Å². The summed E-state index contributed by atoms with van der Waals surface area (Å²) in [5, 5.41) is 6.63. The Balaban J connectivity index is 0.00000400. The molecule has 0 heterocycles. The quantitative estimate of drug-likeness (QED) is 0.301. The van der Waals surface area contributed by atoms with Crippen molar-refractivity contribution in [2.24, 2.45) is 4.99 Å². The molecule has 2 N–H and O–H groups in total. The van der Waals surface area contributed by atoms with Gasteiger partial charge in [-0.05, 0) is 31.0 Å². The molecule has 1 aromatic carbocycles. The third-order valence-corrected chi connectivity index (χ3v) is 3.00. The molecule has 0 saturated heterocycles. The summed E-state index contributed by atoms with van der Waals surface area (Å²) < 4.78 is 5.15. The molecule has 0 radical (unpaired) electrons. The van der Waals surface area contributed by atoms with Gasteiger partial charge in [0.15, 0.2) is 5.96 Å². The van der Waals surface area contributed by atoms with Crippen LogP contribution < -0.4 is 15.4 Å². The normalized spacial score (nSPS) is 10.7. The topological polar surface area (TPSA) is 45.7 Å². The van der Waals surface area contributed by atoms with E-state index in [-0.39, 0.29) is 24.0 Å². The molecule has 120 valence electrons. The average Bonchev–Trinajstić information content (AvgIpc) is 2.49. The number of hydrogen-bond donors (Lipinski definition) is 2. The van der Waals surface area contributed by atoms with Crippen LogP contribution in [-0.4, -0.2) is 26.2 Å². The summed E-state index contributed by atoms with van der Waals surface area (Å²) in [5.74, 6) is 1.77. The Morgan fingerprint density at radius 1 is 1.10 bits per heavy atom. The fraction of sp³-hybridized carbons (Fsp3) is 0.562. The molecule has 0 saturated carbocycles. The minimum Gasteiger partial charge on any atom is -0.497 e. The minimum absolute atomic E-state index is 0. The second-order valence-electron chi connectivity index (χ2n) is 4.68. The van der Waals surface area contributed by atoms with E-state index in [1.807, 2.05) is 24.3 Å². The Labute approximate surface area is 145 Å². The van der Waals surface area contributed by atoms with Crippen LogP contribution in [0.5, 0.6) is 5.75 Å². The lowest BCUT2D eigenvalue weighted by atomic mass is 10.2. The molecule has 4 nitrogen and oxygen atoms in total. The van der Waals surface area contributed by atoms with Crippen molar-refractivity contribution >= 4 is 29.9 Å². The third kappa shape index (κ3) is 8.80. The van der Waals surface area contributed by atoms with E-state index in [9.17, 15) is 0 Å². The molecule has 0 atom stereocenters. The fourth-order valence-electron chi connectivity index (χ4n) is 1.82. The molecule has 21 heavy (non-hydrogen) atoms. The van der Waals surface area contributed by atoms with E-state index in [1.54, 1.807) is 7.11 Å². The highest BCUT2D eigenvalue weighted by atomic mass is 127. The number of nitrogens with zero attached hydrogens (tertiary/aromatic N) is 1. The fourth-order valence-corrected chi connectivity index (χ4v) is 1.82. The Kier molecular flexibility index (Phi) is 12.1. The molecule has 0 amide bonds. The van der Waals surface area contributed by atoms with Crippen LogP contribution in [0.3, 0.4) is 0 Å². The Morgan fingerprint density at radius 2 is 1.81 bits per heavy atom. The van der Waals surface area contributed by atoms with E-state index in [2.05, 4.69) is 29.5 Å². The Hall–Kier alpha value is -0.980. The number of halogens is 1. The van der Waals surface area contributed by atoms with Crippen LogP contribution in [0.2, 0.25) is 0 Å². The maximum absolute atomic E-state index is 5.15. The smallest absolute Gasteiger partial charge is 0.191 e. The van der Waals surface area contributed by atoms with Gasteiger partial charge >= 0.3 is 0 Å². The molecule has 0 fully saturated rings. The average molecular weight is 405 g/mol. The van der Waals surface area contributed by atoms with Crippen molar-refractivity contribution < 1.29 is 4.74 Å². The summed E-state index contributed by atoms with van der Waals surface area (Å²) in [6.45, 7) is 6.82. The van der Waals surface area contributed by atoms with Crippen LogP contribution in [0, 0.1) is 0 Å². The molecule has 0 unspecified atom stereocenters. The summed E-state index contributed by atoms with van der Waals surface area (Å²) in [7, 11) is 1.68. The zero-order valence-electron chi connectivity index (χ0n) is 13.3. The van der Waals surface area contributed by atoms with Crippen molar-refractivity contribution in [1.29, 1.82) is 0 Å². The van der Waals surface area contributed by atoms with E-state index < -0.39 is 0 Å². The zero-order chi connectivity index (χ0) is 14.6. The van der Waals surface area contributed by atoms with Gasteiger partial charge in [0.25, 0.3) is 0 Å². The van der Waals surface area contributed by atoms with E-state index in [0.717, 1.165) is 24.8 Å². The van der Waals surface area contributed by atoms with Gasteiger partial charge in [-0.15, -0.1) is 24.0 Å². The number of aliphatic imine (C=N–C) groups is 1. The Morgan fingerprint density at radius 3 is 2.38 bits per heavy atom. The molecule has 5 heteroatoms. The van der Waals surface area contributed by atoms with E-state index in [0.29, 0.717) is 6.54 Å². The molecule has 0 spiro atoms. The van der Waals surface area contributed by atoms with Crippen molar-refractivity contribution in [3.63, 3.8) is 0 Å². The lowest BCUT2D eigenvalue weighted by molar-refractivity contribution is 0.414. The van der Waals surface area contributed by atoms with Gasteiger partial charge in [0.05, 0.1) is 13.7 Å². The van der Waals surface area contributed by atoms with E-state index in [1.165, 1.54) is 24.8 Å². The molecular formula is C16H28IN3O. The molecule has 0 aliphatic heterocycles. The number of unbranched alkanes of at least 4 members (excludes halogenated alkanes) is 2. The van der Waals surface area contributed by atoms with E-state index >= 15 is 0 Å². The summed E-state index contributed by atoms with van der Waals surface area (Å²) >= 11 is 0. The number of methoxy groups -OCH3 is 1. The lowest BCUT2D eigenvalue weighted by Gasteiger charge is -2.11. The number of hydrogen-bond acceptors (Lipinski definition) is 2. The van der Waals surface area contributed by atoms with Crippen molar-refractivity contribution in [3.05, 3.63) is 29.8 Å². The summed E-state index contributed by atoms with van der Waals surface area (Å²) in [6, 6.07) is 8.02. The molecule has 1 aromatic rings. The van der Waals surface area contributed by atoms with Gasteiger partial charge in [0.1, 0.15) is 5.75 Å². The number of ether oxygens (including phenoxy) is 1. The van der Waals surface area contributed by atoms with Gasteiger partial charge in [0, 0.05) is 13.1 Å². The van der Waals surface area contributed by atoms with Crippen LogP contribution in [0.4, 0.5) is 0 Å². The molecule has 1 rings (SSSR count). The first kappa shape index (κ1) is 20.0. The predicted molar refractivity (Wildman–Crippen MR) is 101 cm³/mol. The highest BCUT2D eigenvalue weighted by molar-refractivity contribution is 14.0. The monoisotopic (exact) mass is 405 g/mol. The molecule has 0 aliphatic carbocycles. The molecule has 0 aromatic heterocycles. The lowest BCUT2D eigenvalue weighted by Crippen LogP contribution is -2.37. The second-order valence-corrected chi connectivity index (χ2v) is 4.68.